The van der Waals surface area contributed by atoms with E-state index >= 15 is 0 Å². The highest BCUT2D eigenvalue weighted by molar-refractivity contribution is 6.11. The van der Waals surface area contributed by atoms with Gasteiger partial charge in [0.25, 0.3) is 0 Å². The lowest BCUT2D eigenvalue weighted by atomic mass is 9.94. The first-order valence-corrected chi connectivity index (χ1v) is 4.76. The van der Waals surface area contributed by atoms with Crippen molar-refractivity contribution in [2.24, 2.45) is 5.92 Å². The predicted octanol–water partition coefficient (Wildman–Crippen LogP) is 0.887. The zero-order valence-electron chi connectivity index (χ0n) is 8.36. The lowest BCUT2D eigenvalue weighted by Gasteiger charge is -2.09. The molecule has 5 nitrogen and oxygen atoms in total. The molecule has 0 fully saturated rings. The van der Waals surface area contributed by atoms with Gasteiger partial charge in [-0.05, 0) is 6.42 Å². The smallest absolute Gasteiger partial charge is 0.343 e. The molecule has 1 heterocycles. The number of carbonyl (C=O) groups is 3. The fourth-order valence-electron chi connectivity index (χ4n) is 1.43. The topological polar surface area (TPSA) is 80.7 Å². The van der Waals surface area contributed by atoms with E-state index < -0.39 is 23.8 Å². The molecule has 1 aliphatic rings. The number of carboxylic acid groups (broad SMARTS) is 1. The number of hydrogen-bond donors (Lipinski definition) is 1. The SMILES string of the molecule is CCCCC(C(=O)O)C1=CC(=O)OC1=O. The molecule has 5 heteroatoms. The van der Waals surface area contributed by atoms with Gasteiger partial charge in [0.15, 0.2) is 0 Å². The number of unbranched alkanes of at least 4 members (excludes halogenated alkanes) is 1. The van der Waals surface area contributed by atoms with Gasteiger partial charge >= 0.3 is 17.9 Å². The maximum absolute atomic E-state index is 11.1. The van der Waals surface area contributed by atoms with E-state index in [0.717, 1.165) is 12.5 Å². The molecular formula is C10H12O5. The Balaban J connectivity index is 2.80. The Morgan fingerprint density at radius 2 is 2.20 bits per heavy atom. The number of rotatable bonds is 5. The minimum atomic E-state index is -1.10. The molecule has 82 valence electrons. The van der Waals surface area contributed by atoms with E-state index in [2.05, 4.69) is 4.74 Å². The van der Waals surface area contributed by atoms with Crippen molar-refractivity contribution in [2.75, 3.05) is 0 Å². The third-order valence-corrected chi connectivity index (χ3v) is 2.22. The third-order valence-electron chi connectivity index (χ3n) is 2.22. The first kappa shape index (κ1) is 11.4. The summed E-state index contributed by atoms with van der Waals surface area (Å²) in [4.78, 5) is 32.8. The van der Waals surface area contributed by atoms with Crippen LogP contribution >= 0.6 is 0 Å². The second kappa shape index (κ2) is 4.72. The van der Waals surface area contributed by atoms with Crippen molar-refractivity contribution < 1.29 is 24.2 Å². The number of cyclic esters (lactones) is 2. The van der Waals surface area contributed by atoms with E-state index in [-0.39, 0.29) is 5.57 Å². The molecule has 0 amide bonds. The predicted molar refractivity (Wildman–Crippen MR) is 49.8 cm³/mol. The summed E-state index contributed by atoms with van der Waals surface area (Å²) in [7, 11) is 0. The minimum Gasteiger partial charge on any atom is -0.481 e. The average Bonchev–Trinajstić information content (AvgIpc) is 2.46. The summed E-state index contributed by atoms with van der Waals surface area (Å²) in [5, 5.41) is 8.90. The van der Waals surface area contributed by atoms with Crippen LogP contribution in [0.1, 0.15) is 26.2 Å². The van der Waals surface area contributed by atoms with Crippen molar-refractivity contribution in [1.82, 2.24) is 0 Å². The van der Waals surface area contributed by atoms with Gasteiger partial charge in [-0.25, -0.2) is 9.59 Å². The maximum atomic E-state index is 11.1. The van der Waals surface area contributed by atoms with Crippen LogP contribution < -0.4 is 0 Å². The van der Waals surface area contributed by atoms with Gasteiger partial charge in [-0.3, -0.25) is 4.79 Å². The molecule has 15 heavy (non-hydrogen) atoms. The molecule has 1 unspecified atom stereocenters. The van der Waals surface area contributed by atoms with E-state index in [0.29, 0.717) is 12.8 Å². The third kappa shape index (κ3) is 2.65. The van der Waals surface area contributed by atoms with Crippen molar-refractivity contribution in [1.29, 1.82) is 0 Å². The van der Waals surface area contributed by atoms with Crippen LogP contribution in [0, 0.1) is 5.92 Å². The summed E-state index contributed by atoms with van der Waals surface area (Å²) in [6.45, 7) is 1.92. The zero-order valence-corrected chi connectivity index (χ0v) is 8.36. The Morgan fingerprint density at radius 1 is 1.53 bits per heavy atom. The Kier molecular flexibility index (Phi) is 3.60. The van der Waals surface area contributed by atoms with E-state index in [1.165, 1.54) is 0 Å². The molecule has 1 aliphatic heterocycles. The van der Waals surface area contributed by atoms with Gasteiger partial charge in [-0.1, -0.05) is 19.8 Å². The van der Waals surface area contributed by atoms with Crippen LogP contribution in [0.2, 0.25) is 0 Å². The molecule has 1 atom stereocenters. The van der Waals surface area contributed by atoms with Crippen molar-refractivity contribution in [3.8, 4) is 0 Å². The molecule has 0 aromatic carbocycles. The first-order valence-electron chi connectivity index (χ1n) is 4.76. The molecule has 0 bridgehead atoms. The van der Waals surface area contributed by atoms with E-state index in [1.54, 1.807) is 0 Å². The second-order valence-corrected chi connectivity index (χ2v) is 3.34. The highest BCUT2D eigenvalue weighted by Gasteiger charge is 2.34. The van der Waals surface area contributed by atoms with Gasteiger partial charge in [-0.15, -0.1) is 0 Å². The van der Waals surface area contributed by atoms with Crippen molar-refractivity contribution in [3.63, 3.8) is 0 Å². The number of ether oxygens (including phenoxy) is 1. The molecule has 0 spiro atoms. The lowest BCUT2D eigenvalue weighted by molar-refractivity contribution is -0.152. The van der Waals surface area contributed by atoms with Gasteiger partial charge in [0.1, 0.15) is 0 Å². The van der Waals surface area contributed by atoms with Crippen LogP contribution in [0.25, 0.3) is 0 Å². The standard InChI is InChI=1S/C10H12O5/c1-2-3-4-6(9(12)13)7-5-8(11)15-10(7)14/h5-6H,2-4H2,1H3,(H,12,13). The summed E-state index contributed by atoms with van der Waals surface area (Å²) in [6, 6.07) is 0. The van der Waals surface area contributed by atoms with E-state index in [9.17, 15) is 14.4 Å². The Morgan fingerprint density at radius 3 is 2.60 bits per heavy atom. The van der Waals surface area contributed by atoms with Crippen LogP contribution in [-0.4, -0.2) is 23.0 Å². The molecule has 0 aromatic heterocycles. The van der Waals surface area contributed by atoms with Crippen molar-refractivity contribution in [2.45, 2.75) is 26.2 Å². The molecule has 1 rings (SSSR count). The molecule has 0 saturated carbocycles. The quantitative estimate of drug-likeness (QED) is 0.540. The number of carbonyl (C=O) groups excluding carboxylic acids is 2. The van der Waals surface area contributed by atoms with Crippen LogP contribution in [-0.2, 0) is 19.1 Å². The summed E-state index contributed by atoms with van der Waals surface area (Å²) in [5.41, 5.74) is -0.0408. The van der Waals surface area contributed by atoms with E-state index in [4.69, 9.17) is 5.11 Å². The molecule has 0 aromatic rings. The summed E-state index contributed by atoms with van der Waals surface area (Å²) < 4.78 is 4.25. The van der Waals surface area contributed by atoms with Gasteiger partial charge in [0, 0.05) is 6.08 Å². The fourth-order valence-corrected chi connectivity index (χ4v) is 1.43. The van der Waals surface area contributed by atoms with Crippen LogP contribution in [0.3, 0.4) is 0 Å². The summed E-state index contributed by atoms with van der Waals surface area (Å²) in [6.07, 6.45) is 2.84. The Hall–Kier alpha value is -1.65. The first-order chi connectivity index (χ1) is 7.06. The summed E-state index contributed by atoms with van der Waals surface area (Å²) >= 11 is 0. The number of carboxylic acids is 1. The molecule has 0 aliphatic carbocycles. The molecule has 0 radical (unpaired) electrons. The monoisotopic (exact) mass is 212 g/mol. The molecular weight excluding hydrogens is 200 g/mol. The Labute approximate surface area is 86.7 Å². The lowest BCUT2D eigenvalue weighted by Crippen LogP contribution is -2.20. The van der Waals surface area contributed by atoms with Crippen LogP contribution in [0.4, 0.5) is 0 Å². The maximum Gasteiger partial charge on any atom is 0.343 e. The van der Waals surface area contributed by atoms with Gasteiger partial charge < -0.3 is 9.84 Å². The average molecular weight is 212 g/mol. The second-order valence-electron chi connectivity index (χ2n) is 3.34. The highest BCUT2D eigenvalue weighted by Crippen LogP contribution is 2.23. The van der Waals surface area contributed by atoms with Crippen LogP contribution in [0.5, 0.6) is 0 Å². The number of esters is 2. The summed E-state index contributed by atoms with van der Waals surface area (Å²) in [5.74, 6) is -3.63. The largest absolute Gasteiger partial charge is 0.481 e. The number of hydrogen-bond acceptors (Lipinski definition) is 4. The normalized spacial score (nSPS) is 17.3. The van der Waals surface area contributed by atoms with Crippen molar-refractivity contribution >= 4 is 17.9 Å². The Bertz CT molecular complexity index is 329. The van der Waals surface area contributed by atoms with Gasteiger partial charge in [-0.2, -0.15) is 0 Å². The fraction of sp³-hybridized carbons (Fsp3) is 0.500. The zero-order chi connectivity index (χ0) is 11.4. The highest BCUT2D eigenvalue weighted by atomic mass is 16.6. The van der Waals surface area contributed by atoms with Crippen molar-refractivity contribution in [3.05, 3.63) is 11.6 Å². The van der Waals surface area contributed by atoms with Gasteiger partial charge in [0.05, 0.1) is 11.5 Å². The van der Waals surface area contributed by atoms with E-state index in [1.807, 2.05) is 6.92 Å². The molecule has 0 saturated heterocycles. The number of aliphatic carboxylic acids is 1. The van der Waals surface area contributed by atoms with Gasteiger partial charge in [0.2, 0.25) is 0 Å². The van der Waals surface area contributed by atoms with Crippen LogP contribution in [0.15, 0.2) is 11.6 Å². The molecule has 1 N–H and O–H groups in total. The minimum absolute atomic E-state index is 0.0408.